The number of rotatable bonds is 3. The second-order valence-electron chi connectivity index (χ2n) is 5.44. The molecule has 1 aromatic carbocycles. The maximum absolute atomic E-state index is 6.16. The van der Waals surface area contributed by atoms with Crippen LogP contribution in [0, 0.1) is 20.8 Å². The summed E-state index contributed by atoms with van der Waals surface area (Å²) in [6.45, 7) is 10.7. The fourth-order valence-corrected chi connectivity index (χ4v) is 2.57. The van der Waals surface area contributed by atoms with Crippen LogP contribution in [-0.2, 0) is 0 Å². The molecular formula is C16H23N3. The topological polar surface area (TPSA) is 43.8 Å². The zero-order valence-corrected chi connectivity index (χ0v) is 12.5. The van der Waals surface area contributed by atoms with Gasteiger partial charge in [0.1, 0.15) is 5.69 Å². The van der Waals surface area contributed by atoms with E-state index < -0.39 is 0 Å². The first-order valence-electron chi connectivity index (χ1n) is 6.86. The predicted octanol–water partition coefficient (Wildman–Crippen LogP) is 4.03. The quantitative estimate of drug-likeness (QED) is 0.902. The van der Waals surface area contributed by atoms with E-state index in [9.17, 15) is 0 Å². The van der Waals surface area contributed by atoms with E-state index in [1.54, 1.807) is 0 Å². The van der Waals surface area contributed by atoms with Crippen molar-refractivity contribution in [1.82, 2.24) is 9.78 Å². The van der Waals surface area contributed by atoms with Crippen molar-refractivity contribution in [3.8, 4) is 11.3 Å². The minimum atomic E-state index is 0.377. The summed E-state index contributed by atoms with van der Waals surface area (Å²) in [5.74, 6) is 0. The average molecular weight is 257 g/mol. The van der Waals surface area contributed by atoms with Gasteiger partial charge in [-0.2, -0.15) is 5.10 Å². The first-order valence-corrected chi connectivity index (χ1v) is 6.86. The molecule has 0 saturated carbocycles. The fraction of sp³-hybridized carbons (Fsp3) is 0.438. The van der Waals surface area contributed by atoms with E-state index >= 15 is 0 Å². The highest BCUT2D eigenvalue weighted by Crippen LogP contribution is 2.32. The van der Waals surface area contributed by atoms with Gasteiger partial charge in [0.25, 0.3) is 0 Å². The van der Waals surface area contributed by atoms with Gasteiger partial charge >= 0.3 is 0 Å². The van der Waals surface area contributed by atoms with Gasteiger partial charge in [0.05, 0.1) is 5.69 Å². The summed E-state index contributed by atoms with van der Waals surface area (Å²) in [4.78, 5) is 0. The summed E-state index contributed by atoms with van der Waals surface area (Å²) >= 11 is 0. The molecule has 0 aliphatic heterocycles. The molecule has 0 spiro atoms. The summed E-state index contributed by atoms with van der Waals surface area (Å²) in [5.41, 5.74) is 12.7. The lowest BCUT2D eigenvalue weighted by Gasteiger charge is -2.11. The van der Waals surface area contributed by atoms with Gasteiger partial charge in [0, 0.05) is 17.8 Å². The van der Waals surface area contributed by atoms with E-state index in [0.717, 1.165) is 17.8 Å². The first kappa shape index (κ1) is 13.7. The third-order valence-corrected chi connectivity index (χ3v) is 3.72. The maximum atomic E-state index is 6.16. The molecule has 2 aromatic rings. The van der Waals surface area contributed by atoms with Gasteiger partial charge in [-0.3, -0.25) is 4.68 Å². The molecule has 2 rings (SSSR count). The molecule has 0 saturated heterocycles. The van der Waals surface area contributed by atoms with Crippen LogP contribution >= 0.6 is 0 Å². The van der Waals surface area contributed by atoms with Crippen LogP contribution in [0.4, 0.5) is 5.69 Å². The Morgan fingerprint density at radius 3 is 2.32 bits per heavy atom. The van der Waals surface area contributed by atoms with E-state index in [1.165, 1.54) is 22.3 Å². The van der Waals surface area contributed by atoms with Crippen molar-refractivity contribution >= 4 is 5.69 Å². The van der Waals surface area contributed by atoms with E-state index in [4.69, 9.17) is 10.8 Å². The minimum absolute atomic E-state index is 0.377. The molecule has 3 nitrogen and oxygen atoms in total. The fourth-order valence-electron chi connectivity index (χ4n) is 2.57. The average Bonchev–Trinajstić information content (AvgIpc) is 2.69. The zero-order valence-electron chi connectivity index (χ0n) is 12.5. The molecule has 1 aromatic heterocycles. The van der Waals surface area contributed by atoms with Crippen LogP contribution in [0.15, 0.2) is 18.3 Å². The number of hydrogen-bond donors (Lipinski definition) is 1. The molecule has 0 bridgehead atoms. The van der Waals surface area contributed by atoms with Crippen molar-refractivity contribution in [2.75, 3.05) is 5.73 Å². The van der Waals surface area contributed by atoms with Crippen molar-refractivity contribution in [1.29, 1.82) is 0 Å². The lowest BCUT2D eigenvalue weighted by Crippen LogP contribution is -2.04. The zero-order chi connectivity index (χ0) is 14.2. The first-order chi connectivity index (χ1) is 8.93. The molecule has 0 aliphatic rings. The summed E-state index contributed by atoms with van der Waals surface area (Å²) in [7, 11) is 0. The van der Waals surface area contributed by atoms with Gasteiger partial charge in [-0.05, 0) is 45.2 Å². The molecule has 1 atom stereocenters. The summed E-state index contributed by atoms with van der Waals surface area (Å²) < 4.78 is 1.98. The van der Waals surface area contributed by atoms with Gasteiger partial charge in [-0.25, -0.2) is 0 Å². The van der Waals surface area contributed by atoms with Crippen LogP contribution in [0.5, 0.6) is 0 Å². The van der Waals surface area contributed by atoms with E-state index in [2.05, 4.69) is 46.8 Å². The molecule has 19 heavy (non-hydrogen) atoms. The Hall–Kier alpha value is -1.77. The van der Waals surface area contributed by atoms with Gasteiger partial charge in [-0.15, -0.1) is 0 Å². The third-order valence-electron chi connectivity index (χ3n) is 3.72. The van der Waals surface area contributed by atoms with Crippen molar-refractivity contribution in [2.24, 2.45) is 0 Å². The Morgan fingerprint density at radius 2 is 1.79 bits per heavy atom. The largest absolute Gasteiger partial charge is 0.396 e. The summed E-state index contributed by atoms with van der Waals surface area (Å²) in [6.07, 6.45) is 2.99. The molecule has 0 fully saturated rings. The van der Waals surface area contributed by atoms with E-state index in [1.807, 2.05) is 10.9 Å². The van der Waals surface area contributed by atoms with Crippen LogP contribution in [-0.4, -0.2) is 9.78 Å². The van der Waals surface area contributed by atoms with Crippen LogP contribution in [0.2, 0.25) is 0 Å². The normalized spacial score (nSPS) is 12.7. The number of aryl methyl sites for hydroxylation is 3. The molecule has 0 amide bonds. The van der Waals surface area contributed by atoms with Crippen LogP contribution < -0.4 is 5.73 Å². The lowest BCUT2D eigenvalue weighted by molar-refractivity contribution is 0.479. The molecule has 0 aliphatic carbocycles. The Morgan fingerprint density at radius 1 is 1.21 bits per heavy atom. The molecule has 2 N–H and O–H groups in total. The predicted molar refractivity (Wildman–Crippen MR) is 81.3 cm³/mol. The second-order valence-corrected chi connectivity index (χ2v) is 5.44. The molecule has 3 heteroatoms. The maximum Gasteiger partial charge on any atom is 0.116 e. The van der Waals surface area contributed by atoms with Crippen molar-refractivity contribution in [3.05, 3.63) is 35.0 Å². The summed E-state index contributed by atoms with van der Waals surface area (Å²) in [5, 5.41) is 4.69. The van der Waals surface area contributed by atoms with E-state index in [0.29, 0.717) is 6.04 Å². The van der Waals surface area contributed by atoms with Crippen LogP contribution in [0.3, 0.4) is 0 Å². The second kappa shape index (κ2) is 5.08. The lowest BCUT2D eigenvalue weighted by atomic mass is 9.97. The van der Waals surface area contributed by atoms with Crippen molar-refractivity contribution in [3.63, 3.8) is 0 Å². The molecule has 1 heterocycles. The van der Waals surface area contributed by atoms with Crippen LogP contribution in [0.1, 0.15) is 43.0 Å². The van der Waals surface area contributed by atoms with Gasteiger partial charge in [0.15, 0.2) is 0 Å². The highest BCUT2D eigenvalue weighted by molar-refractivity contribution is 5.77. The highest BCUT2D eigenvalue weighted by atomic mass is 15.3. The monoisotopic (exact) mass is 257 g/mol. The molecule has 1 unspecified atom stereocenters. The number of nitrogens with two attached hydrogens (primary N) is 1. The van der Waals surface area contributed by atoms with Gasteiger partial charge < -0.3 is 5.73 Å². The SMILES string of the molecule is CCC(C)n1cc(N)c(-c2c(C)cc(C)cc2C)n1. The van der Waals surface area contributed by atoms with Gasteiger partial charge in [-0.1, -0.05) is 24.6 Å². The number of anilines is 1. The smallest absolute Gasteiger partial charge is 0.116 e. The number of nitrogens with zero attached hydrogens (tertiary/aromatic N) is 2. The number of hydrogen-bond acceptors (Lipinski definition) is 2. The standard InChI is InChI=1S/C16H23N3/c1-6-13(5)19-9-14(17)16(18-19)15-11(3)7-10(2)8-12(15)4/h7-9,13H,6,17H2,1-5H3. The Kier molecular flexibility index (Phi) is 3.65. The third kappa shape index (κ3) is 2.50. The Bertz CT molecular complexity index is 573. The van der Waals surface area contributed by atoms with Crippen molar-refractivity contribution in [2.45, 2.75) is 47.1 Å². The molecule has 102 valence electrons. The number of aromatic nitrogens is 2. The Balaban J connectivity index is 2.57. The minimum Gasteiger partial charge on any atom is -0.396 e. The highest BCUT2D eigenvalue weighted by Gasteiger charge is 2.15. The van der Waals surface area contributed by atoms with E-state index in [-0.39, 0.29) is 0 Å². The number of nitrogen functional groups attached to an aromatic ring is 1. The Labute approximate surface area is 115 Å². The van der Waals surface area contributed by atoms with Gasteiger partial charge in [0.2, 0.25) is 0 Å². The van der Waals surface area contributed by atoms with Crippen LogP contribution in [0.25, 0.3) is 11.3 Å². The van der Waals surface area contributed by atoms with Crippen molar-refractivity contribution < 1.29 is 0 Å². The summed E-state index contributed by atoms with van der Waals surface area (Å²) in [6, 6.07) is 4.75. The molecule has 0 radical (unpaired) electrons. The molecular weight excluding hydrogens is 234 g/mol. The number of benzene rings is 1.